The molecule has 1 aliphatic heterocycles. The second-order valence-corrected chi connectivity index (χ2v) is 4.21. The van der Waals surface area contributed by atoms with Crippen molar-refractivity contribution in [3.63, 3.8) is 0 Å². The molecule has 1 saturated heterocycles. The zero-order valence-corrected chi connectivity index (χ0v) is 8.79. The van der Waals surface area contributed by atoms with Crippen molar-refractivity contribution in [2.75, 3.05) is 20.2 Å². The van der Waals surface area contributed by atoms with E-state index in [4.69, 9.17) is 10.8 Å². The fraction of sp³-hybridized carbons (Fsp3) is 1.00. The second-order valence-electron chi connectivity index (χ2n) is 4.21. The minimum Gasteiger partial charge on any atom is -0.396 e. The molecule has 1 fully saturated rings. The average molecular weight is 186 g/mol. The minimum absolute atomic E-state index is 0.156. The molecule has 0 saturated carbocycles. The van der Waals surface area contributed by atoms with Crippen molar-refractivity contribution in [2.24, 2.45) is 5.73 Å². The molecular weight excluding hydrogens is 164 g/mol. The van der Waals surface area contributed by atoms with Gasteiger partial charge in [-0.1, -0.05) is 6.92 Å². The van der Waals surface area contributed by atoms with Gasteiger partial charge in [0.05, 0.1) is 0 Å². The van der Waals surface area contributed by atoms with Crippen LogP contribution in [0.15, 0.2) is 0 Å². The van der Waals surface area contributed by atoms with E-state index in [2.05, 4.69) is 18.9 Å². The highest BCUT2D eigenvalue weighted by Crippen LogP contribution is 2.29. The molecule has 0 bridgehead atoms. The van der Waals surface area contributed by atoms with Crippen LogP contribution in [0.25, 0.3) is 0 Å². The average Bonchev–Trinajstić information content (AvgIpc) is 2.04. The maximum atomic E-state index is 8.98. The van der Waals surface area contributed by atoms with Gasteiger partial charge in [-0.2, -0.15) is 0 Å². The van der Waals surface area contributed by atoms with Crippen molar-refractivity contribution in [1.29, 1.82) is 0 Å². The first-order chi connectivity index (χ1) is 6.14. The third-order valence-electron chi connectivity index (χ3n) is 3.31. The fourth-order valence-corrected chi connectivity index (χ4v) is 2.64. The Hall–Kier alpha value is -0.120. The van der Waals surface area contributed by atoms with Gasteiger partial charge >= 0.3 is 0 Å². The third kappa shape index (κ3) is 2.22. The summed E-state index contributed by atoms with van der Waals surface area (Å²) in [6.07, 6.45) is 4.02. The van der Waals surface area contributed by atoms with E-state index < -0.39 is 0 Å². The van der Waals surface area contributed by atoms with Gasteiger partial charge in [0.25, 0.3) is 0 Å². The molecule has 2 unspecified atom stereocenters. The monoisotopic (exact) mass is 186 g/mol. The molecule has 1 aliphatic rings. The minimum atomic E-state index is -0.156. The summed E-state index contributed by atoms with van der Waals surface area (Å²) in [7, 11) is 2.13. The molecule has 0 radical (unpaired) electrons. The van der Waals surface area contributed by atoms with Gasteiger partial charge in [-0.15, -0.1) is 0 Å². The van der Waals surface area contributed by atoms with Crippen LogP contribution in [-0.4, -0.2) is 41.8 Å². The Morgan fingerprint density at radius 2 is 2.31 bits per heavy atom. The smallest absolute Gasteiger partial charge is 0.0449 e. The Bertz CT molecular complexity index is 159. The predicted molar refractivity (Wildman–Crippen MR) is 54.6 cm³/mol. The molecule has 0 amide bonds. The van der Waals surface area contributed by atoms with Crippen LogP contribution in [0.2, 0.25) is 0 Å². The van der Waals surface area contributed by atoms with E-state index >= 15 is 0 Å². The lowest BCUT2D eigenvalue weighted by atomic mass is 9.78. The van der Waals surface area contributed by atoms with Crippen LogP contribution in [0, 0.1) is 0 Å². The highest BCUT2D eigenvalue weighted by Gasteiger charge is 2.38. The van der Waals surface area contributed by atoms with Crippen LogP contribution < -0.4 is 5.73 Å². The Balaban J connectivity index is 2.67. The van der Waals surface area contributed by atoms with Crippen LogP contribution >= 0.6 is 0 Å². The van der Waals surface area contributed by atoms with Crippen LogP contribution in [-0.2, 0) is 0 Å². The summed E-state index contributed by atoms with van der Waals surface area (Å²) in [5.74, 6) is 0. The highest BCUT2D eigenvalue weighted by atomic mass is 16.3. The first kappa shape index (κ1) is 11.0. The van der Waals surface area contributed by atoms with E-state index in [1.54, 1.807) is 0 Å². The molecule has 0 aromatic carbocycles. The second kappa shape index (κ2) is 4.40. The van der Waals surface area contributed by atoms with Crippen LogP contribution in [0.4, 0.5) is 0 Å². The number of likely N-dealkylation sites (tertiary alicyclic amines) is 1. The van der Waals surface area contributed by atoms with Gasteiger partial charge in [0.2, 0.25) is 0 Å². The Kier molecular flexibility index (Phi) is 3.71. The van der Waals surface area contributed by atoms with Gasteiger partial charge in [0.15, 0.2) is 0 Å². The van der Waals surface area contributed by atoms with Crippen LogP contribution in [0.5, 0.6) is 0 Å². The molecule has 1 rings (SSSR count). The predicted octanol–water partition coefficient (Wildman–Crippen LogP) is 0.571. The Morgan fingerprint density at radius 1 is 1.62 bits per heavy atom. The van der Waals surface area contributed by atoms with Gasteiger partial charge in [-0.05, 0) is 39.3 Å². The molecule has 3 heteroatoms. The first-order valence-corrected chi connectivity index (χ1v) is 5.24. The number of aliphatic hydroxyl groups excluding tert-OH is 1. The summed E-state index contributed by atoms with van der Waals surface area (Å²) in [5.41, 5.74) is 6.16. The quantitative estimate of drug-likeness (QED) is 0.677. The van der Waals surface area contributed by atoms with Crippen molar-refractivity contribution in [3.8, 4) is 0 Å². The standard InChI is InChI=1S/C10H22N2O/c1-3-9-10(11,6-8-13)5-4-7-12(9)2/h9,13H,3-8,11H2,1-2H3. The number of piperidine rings is 1. The Labute approximate surface area is 80.9 Å². The maximum Gasteiger partial charge on any atom is 0.0449 e. The number of nitrogens with two attached hydrogens (primary N) is 1. The number of likely N-dealkylation sites (N-methyl/N-ethyl adjacent to an activating group) is 1. The summed E-state index contributed by atoms with van der Waals surface area (Å²) in [6, 6.07) is 0.438. The zero-order valence-electron chi connectivity index (χ0n) is 8.79. The number of rotatable bonds is 3. The first-order valence-electron chi connectivity index (χ1n) is 5.24. The normalized spacial score (nSPS) is 36.5. The van der Waals surface area contributed by atoms with Crippen LogP contribution in [0.1, 0.15) is 32.6 Å². The van der Waals surface area contributed by atoms with Gasteiger partial charge in [-0.3, -0.25) is 0 Å². The van der Waals surface area contributed by atoms with Crippen molar-refractivity contribution < 1.29 is 5.11 Å². The largest absolute Gasteiger partial charge is 0.396 e. The van der Waals surface area contributed by atoms with E-state index in [1.165, 1.54) is 0 Å². The zero-order chi connectivity index (χ0) is 9.90. The lowest BCUT2D eigenvalue weighted by molar-refractivity contribution is 0.0708. The molecule has 0 aromatic heterocycles. The van der Waals surface area contributed by atoms with E-state index in [-0.39, 0.29) is 12.1 Å². The Morgan fingerprint density at radius 3 is 2.85 bits per heavy atom. The lowest BCUT2D eigenvalue weighted by Gasteiger charge is -2.46. The topological polar surface area (TPSA) is 49.5 Å². The molecule has 0 aliphatic carbocycles. The summed E-state index contributed by atoms with van der Waals surface area (Å²) in [6.45, 7) is 3.52. The van der Waals surface area contributed by atoms with E-state index in [0.29, 0.717) is 6.04 Å². The van der Waals surface area contributed by atoms with Gasteiger partial charge in [0, 0.05) is 18.2 Å². The number of nitrogens with zero attached hydrogens (tertiary/aromatic N) is 1. The maximum absolute atomic E-state index is 8.98. The summed E-state index contributed by atoms with van der Waals surface area (Å²) in [4.78, 5) is 2.33. The van der Waals surface area contributed by atoms with Crippen molar-refractivity contribution in [2.45, 2.75) is 44.2 Å². The third-order valence-corrected chi connectivity index (χ3v) is 3.31. The molecule has 78 valence electrons. The van der Waals surface area contributed by atoms with Crippen molar-refractivity contribution >= 4 is 0 Å². The number of hydrogen-bond acceptors (Lipinski definition) is 3. The lowest BCUT2D eigenvalue weighted by Crippen LogP contribution is -2.61. The van der Waals surface area contributed by atoms with E-state index in [0.717, 1.165) is 32.2 Å². The van der Waals surface area contributed by atoms with E-state index in [9.17, 15) is 0 Å². The summed E-state index contributed by atoms with van der Waals surface area (Å²) in [5, 5.41) is 8.98. The molecule has 3 nitrogen and oxygen atoms in total. The molecule has 0 spiro atoms. The van der Waals surface area contributed by atoms with Crippen molar-refractivity contribution in [1.82, 2.24) is 4.90 Å². The summed E-state index contributed by atoms with van der Waals surface area (Å²) < 4.78 is 0. The molecule has 13 heavy (non-hydrogen) atoms. The fourth-order valence-electron chi connectivity index (χ4n) is 2.64. The molecule has 2 atom stereocenters. The SMILES string of the molecule is CCC1N(C)CCCC1(N)CCO. The van der Waals surface area contributed by atoms with Gasteiger partial charge < -0.3 is 15.7 Å². The number of hydrogen-bond donors (Lipinski definition) is 2. The molecule has 0 aromatic rings. The van der Waals surface area contributed by atoms with Gasteiger partial charge in [-0.25, -0.2) is 0 Å². The highest BCUT2D eigenvalue weighted by molar-refractivity contribution is 4.98. The van der Waals surface area contributed by atoms with Gasteiger partial charge in [0.1, 0.15) is 0 Å². The molecular formula is C10H22N2O. The molecule has 3 N–H and O–H groups in total. The summed E-state index contributed by atoms with van der Waals surface area (Å²) >= 11 is 0. The molecule has 1 heterocycles. The van der Waals surface area contributed by atoms with E-state index in [1.807, 2.05) is 0 Å². The number of aliphatic hydroxyl groups is 1. The van der Waals surface area contributed by atoms with Crippen molar-refractivity contribution in [3.05, 3.63) is 0 Å². The van der Waals surface area contributed by atoms with Crippen LogP contribution in [0.3, 0.4) is 0 Å².